The fraction of sp³-hybridized carbons (Fsp3) is 0.600. The van der Waals surface area contributed by atoms with Crippen LogP contribution in [0.2, 0.25) is 0 Å². The van der Waals surface area contributed by atoms with Crippen LogP contribution in [0.5, 0.6) is 0 Å². The molecular weight excluding hydrogens is 238 g/mol. The van der Waals surface area contributed by atoms with Crippen LogP contribution in [0.25, 0.3) is 0 Å². The van der Waals surface area contributed by atoms with Crippen LogP contribution in [0.3, 0.4) is 0 Å². The van der Waals surface area contributed by atoms with E-state index in [2.05, 4.69) is 30.2 Å². The smallest absolute Gasteiger partial charge is 0.101 e. The molecule has 1 atom stereocenters. The fourth-order valence-corrected chi connectivity index (χ4v) is 2.72. The Morgan fingerprint density at radius 3 is 3.00 bits per heavy atom. The van der Waals surface area contributed by atoms with E-state index in [9.17, 15) is 0 Å². The summed E-state index contributed by atoms with van der Waals surface area (Å²) in [6.45, 7) is 5.13. The first-order valence-electron chi connectivity index (χ1n) is 6.97. The average Bonchev–Trinajstić information content (AvgIpc) is 2.48. The number of hydrogen-bond donors (Lipinski definition) is 1. The highest BCUT2D eigenvalue weighted by molar-refractivity contribution is 5.55. The highest BCUT2D eigenvalue weighted by Gasteiger charge is 2.34. The molecule has 0 spiro atoms. The lowest BCUT2D eigenvalue weighted by molar-refractivity contribution is -0.0864. The molecule has 2 rings (SSSR count). The van der Waals surface area contributed by atoms with Gasteiger partial charge in [0.2, 0.25) is 0 Å². The molecule has 4 nitrogen and oxygen atoms in total. The lowest BCUT2D eigenvalue weighted by atomic mass is 9.86. The largest absolute Gasteiger partial charge is 0.380 e. The second-order valence-electron chi connectivity index (χ2n) is 5.11. The van der Waals surface area contributed by atoms with E-state index in [1.807, 2.05) is 0 Å². The summed E-state index contributed by atoms with van der Waals surface area (Å²) < 4.78 is 5.97. The monoisotopic (exact) mass is 259 g/mol. The van der Waals surface area contributed by atoms with Crippen LogP contribution in [0, 0.1) is 11.3 Å². The second-order valence-corrected chi connectivity index (χ2v) is 5.11. The third-order valence-electron chi connectivity index (χ3n) is 4.08. The number of nitrogens with one attached hydrogen (secondary N) is 1. The van der Waals surface area contributed by atoms with Gasteiger partial charge in [0.25, 0.3) is 0 Å². The summed E-state index contributed by atoms with van der Waals surface area (Å²) in [6.07, 6.45) is 7.39. The van der Waals surface area contributed by atoms with Gasteiger partial charge < -0.3 is 10.1 Å². The summed E-state index contributed by atoms with van der Waals surface area (Å²) >= 11 is 0. The molecule has 1 aromatic heterocycles. The topological polar surface area (TPSA) is 57.9 Å². The summed E-state index contributed by atoms with van der Waals surface area (Å²) in [5.74, 6) is 0. The van der Waals surface area contributed by atoms with Crippen molar-refractivity contribution in [2.75, 3.05) is 11.9 Å². The zero-order valence-corrected chi connectivity index (χ0v) is 11.6. The molecule has 2 heterocycles. The molecule has 0 aliphatic carbocycles. The number of anilines is 1. The van der Waals surface area contributed by atoms with Gasteiger partial charge >= 0.3 is 0 Å². The standard InChI is InChI=1S/C15H21N3O/c1-3-15(4-2)9-13(6-8-19-15)18-14-11-17-7-5-12(14)10-16/h5,7,11,13,18H,3-4,6,8-9H2,1-2H3. The van der Waals surface area contributed by atoms with Gasteiger partial charge in [-0.2, -0.15) is 5.26 Å². The third kappa shape index (κ3) is 3.05. The second kappa shape index (κ2) is 6.03. The minimum absolute atomic E-state index is 0.00900. The Morgan fingerprint density at radius 2 is 2.32 bits per heavy atom. The normalized spacial score (nSPS) is 21.6. The average molecular weight is 259 g/mol. The molecule has 1 N–H and O–H groups in total. The molecule has 1 aromatic rings. The van der Waals surface area contributed by atoms with Crippen LogP contribution in [0.15, 0.2) is 18.5 Å². The van der Waals surface area contributed by atoms with Crippen molar-refractivity contribution >= 4 is 5.69 Å². The summed E-state index contributed by atoms with van der Waals surface area (Å²) in [6, 6.07) is 4.30. The first-order valence-corrected chi connectivity index (χ1v) is 6.97. The van der Waals surface area contributed by atoms with E-state index in [-0.39, 0.29) is 5.60 Å². The van der Waals surface area contributed by atoms with Crippen molar-refractivity contribution in [3.63, 3.8) is 0 Å². The molecule has 0 radical (unpaired) electrons. The van der Waals surface area contributed by atoms with Gasteiger partial charge in [-0.15, -0.1) is 0 Å². The summed E-state index contributed by atoms with van der Waals surface area (Å²) in [5.41, 5.74) is 1.48. The molecule has 0 bridgehead atoms. The lowest BCUT2D eigenvalue weighted by Crippen LogP contribution is -2.43. The summed E-state index contributed by atoms with van der Waals surface area (Å²) in [4.78, 5) is 4.09. The van der Waals surface area contributed by atoms with Crippen LogP contribution >= 0.6 is 0 Å². The van der Waals surface area contributed by atoms with E-state index in [4.69, 9.17) is 10.00 Å². The minimum atomic E-state index is -0.00900. The molecule has 1 unspecified atom stereocenters. The summed E-state index contributed by atoms with van der Waals surface area (Å²) in [5, 5.41) is 12.6. The van der Waals surface area contributed by atoms with E-state index >= 15 is 0 Å². The Morgan fingerprint density at radius 1 is 1.53 bits per heavy atom. The van der Waals surface area contributed by atoms with Gasteiger partial charge in [-0.25, -0.2) is 0 Å². The van der Waals surface area contributed by atoms with E-state index in [1.54, 1.807) is 18.5 Å². The molecular formula is C15H21N3O. The molecule has 1 aliphatic rings. The number of nitrogens with zero attached hydrogens (tertiary/aromatic N) is 2. The van der Waals surface area contributed by atoms with Crippen molar-refractivity contribution < 1.29 is 4.74 Å². The maximum absolute atomic E-state index is 9.10. The van der Waals surface area contributed by atoms with Crippen molar-refractivity contribution in [1.82, 2.24) is 4.98 Å². The molecule has 0 amide bonds. The minimum Gasteiger partial charge on any atom is -0.380 e. The quantitative estimate of drug-likeness (QED) is 0.902. The first-order chi connectivity index (χ1) is 9.23. The Bertz CT molecular complexity index is 463. The van der Waals surface area contributed by atoms with Crippen molar-refractivity contribution in [2.45, 2.75) is 51.2 Å². The highest BCUT2D eigenvalue weighted by Crippen LogP contribution is 2.33. The maximum Gasteiger partial charge on any atom is 0.101 e. The Labute approximate surface area is 114 Å². The molecule has 1 aliphatic heterocycles. The van der Waals surface area contributed by atoms with E-state index in [0.29, 0.717) is 11.6 Å². The zero-order chi connectivity index (χ0) is 13.7. The number of pyridine rings is 1. The van der Waals surface area contributed by atoms with Crippen molar-refractivity contribution in [3.05, 3.63) is 24.0 Å². The molecule has 19 heavy (non-hydrogen) atoms. The molecule has 102 valence electrons. The van der Waals surface area contributed by atoms with Gasteiger partial charge in [0, 0.05) is 18.8 Å². The van der Waals surface area contributed by atoms with Gasteiger partial charge in [0.1, 0.15) is 6.07 Å². The predicted octanol–water partition coefficient (Wildman–Crippen LogP) is 3.10. The third-order valence-corrected chi connectivity index (χ3v) is 4.08. The Hall–Kier alpha value is -1.60. The number of ether oxygens (including phenoxy) is 1. The van der Waals surface area contributed by atoms with Crippen LogP contribution in [-0.2, 0) is 4.74 Å². The van der Waals surface area contributed by atoms with E-state index < -0.39 is 0 Å². The lowest BCUT2D eigenvalue weighted by Gasteiger charge is -2.40. The van der Waals surface area contributed by atoms with Gasteiger partial charge in [0.15, 0.2) is 0 Å². The van der Waals surface area contributed by atoms with E-state index in [0.717, 1.165) is 38.0 Å². The highest BCUT2D eigenvalue weighted by atomic mass is 16.5. The summed E-state index contributed by atoms with van der Waals surface area (Å²) in [7, 11) is 0. The molecule has 1 saturated heterocycles. The Balaban J connectivity index is 2.09. The fourth-order valence-electron chi connectivity index (χ4n) is 2.72. The Kier molecular flexibility index (Phi) is 4.39. The molecule has 0 aromatic carbocycles. The molecule has 0 saturated carbocycles. The van der Waals surface area contributed by atoms with Gasteiger partial charge in [-0.3, -0.25) is 4.98 Å². The number of nitriles is 1. The van der Waals surface area contributed by atoms with Crippen molar-refractivity contribution in [3.8, 4) is 6.07 Å². The van der Waals surface area contributed by atoms with E-state index in [1.165, 1.54) is 0 Å². The predicted molar refractivity (Wildman–Crippen MR) is 74.9 cm³/mol. The van der Waals surface area contributed by atoms with Crippen LogP contribution < -0.4 is 5.32 Å². The van der Waals surface area contributed by atoms with Crippen molar-refractivity contribution in [2.24, 2.45) is 0 Å². The number of aromatic nitrogens is 1. The van der Waals surface area contributed by atoms with Crippen LogP contribution in [0.1, 0.15) is 45.1 Å². The first kappa shape index (κ1) is 13.8. The van der Waals surface area contributed by atoms with Gasteiger partial charge in [-0.05, 0) is 31.7 Å². The maximum atomic E-state index is 9.10. The van der Waals surface area contributed by atoms with Gasteiger partial charge in [0.05, 0.1) is 23.0 Å². The number of hydrogen-bond acceptors (Lipinski definition) is 4. The van der Waals surface area contributed by atoms with Gasteiger partial charge in [-0.1, -0.05) is 13.8 Å². The van der Waals surface area contributed by atoms with Crippen LogP contribution in [-0.4, -0.2) is 23.2 Å². The van der Waals surface area contributed by atoms with Crippen LogP contribution in [0.4, 0.5) is 5.69 Å². The zero-order valence-electron chi connectivity index (χ0n) is 11.6. The molecule has 1 fully saturated rings. The van der Waals surface area contributed by atoms with Crippen molar-refractivity contribution in [1.29, 1.82) is 5.26 Å². The molecule has 4 heteroatoms. The number of rotatable bonds is 4. The SMILES string of the molecule is CCC1(CC)CC(Nc2cnccc2C#N)CCO1.